The first-order valence-corrected chi connectivity index (χ1v) is 9.23. The first kappa shape index (κ1) is 16.4. The number of carbonyl (C=O) groups excluding carboxylic acids is 1. The molecule has 2 aromatic heterocycles. The molecule has 3 aromatic rings. The van der Waals surface area contributed by atoms with Gasteiger partial charge < -0.3 is 9.72 Å². The zero-order valence-corrected chi connectivity index (χ0v) is 14.2. The molecular formula is C16H14ClN3O3S. The van der Waals surface area contributed by atoms with Gasteiger partial charge in [-0.25, -0.2) is 8.42 Å². The summed E-state index contributed by atoms with van der Waals surface area (Å²) >= 11 is 5.98. The number of sulfonamides is 1. The lowest BCUT2D eigenvalue weighted by molar-refractivity contribution is 0.102. The van der Waals surface area contributed by atoms with Crippen molar-refractivity contribution in [3.63, 3.8) is 0 Å². The molecule has 0 aliphatic heterocycles. The third-order valence-corrected chi connectivity index (χ3v) is 4.05. The van der Waals surface area contributed by atoms with E-state index in [0.29, 0.717) is 16.3 Å². The normalized spacial score (nSPS) is 11.4. The Bertz CT molecular complexity index is 995. The molecule has 2 N–H and O–H groups in total. The summed E-state index contributed by atoms with van der Waals surface area (Å²) in [5, 5.41) is 3.02. The van der Waals surface area contributed by atoms with Gasteiger partial charge in [-0.1, -0.05) is 17.7 Å². The average molecular weight is 364 g/mol. The maximum Gasteiger partial charge on any atom is 0.257 e. The summed E-state index contributed by atoms with van der Waals surface area (Å²) in [6.07, 6.45) is 4.60. The summed E-state index contributed by atoms with van der Waals surface area (Å²) in [6, 6.07) is 11.9. The van der Waals surface area contributed by atoms with Crippen LogP contribution in [0.1, 0.15) is 10.4 Å². The minimum Gasteiger partial charge on any atom is -0.323 e. The number of benzene rings is 1. The van der Waals surface area contributed by atoms with Crippen molar-refractivity contribution in [2.45, 2.75) is 0 Å². The predicted molar refractivity (Wildman–Crippen MR) is 95.3 cm³/mol. The van der Waals surface area contributed by atoms with E-state index in [9.17, 15) is 13.2 Å². The van der Waals surface area contributed by atoms with E-state index in [1.807, 2.05) is 28.8 Å². The number of nitrogens with zero attached hydrogens (tertiary/aromatic N) is 1. The molecule has 0 aliphatic rings. The van der Waals surface area contributed by atoms with Gasteiger partial charge in [0.1, 0.15) is 0 Å². The van der Waals surface area contributed by atoms with Crippen LogP contribution in [-0.2, 0) is 10.0 Å². The highest BCUT2D eigenvalue weighted by Gasteiger charge is 2.11. The number of carbonyl (C=O) groups is 1. The van der Waals surface area contributed by atoms with Crippen molar-refractivity contribution in [3.8, 4) is 0 Å². The molecule has 0 saturated carbocycles. The lowest BCUT2D eigenvalue weighted by Gasteiger charge is -2.09. The van der Waals surface area contributed by atoms with Crippen LogP contribution < -0.4 is 10.0 Å². The number of aromatic nitrogens is 1. The number of nitrogens with one attached hydrogen (secondary N) is 2. The van der Waals surface area contributed by atoms with Gasteiger partial charge in [-0.15, -0.1) is 0 Å². The highest BCUT2D eigenvalue weighted by atomic mass is 35.5. The second-order valence-corrected chi connectivity index (χ2v) is 7.50. The van der Waals surface area contributed by atoms with Crippen LogP contribution >= 0.6 is 11.6 Å². The van der Waals surface area contributed by atoms with Crippen LogP contribution in [0.5, 0.6) is 0 Å². The molecule has 1 aromatic carbocycles. The highest BCUT2D eigenvalue weighted by molar-refractivity contribution is 7.92. The van der Waals surface area contributed by atoms with Crippen LogP contribution in [0.15, 0.2) is 54.9 Å². The predicted octanol–water partition coefficient (Wildman–Crippen LogP) is 3.22. The lowest BCUT2D eigenvalue weighted by Crippen LogP contribution is -2.13. The Hall–Kier alpha value is -2.51. The van der Waals surface area contributed by atoms with Gasteiger partial charge in [0.05, 0.1) is 17.5 Å². The van der Waals surface area contributed by atoms with Gasteiger partial charge in [-0.2, -0.15) is 0 Å². The molecule has 8 heteroatoms. The van der Waals surface area contributed by atoms with Crippen LogP contribution in [0.4, 0.5) is 11.4 Å². The largest absolute Gasteiger partial charge is 0.323 e. The fraction of sp³-hybridized carbons (Fsp3) is 0.0625. The Morgan fingerprint density at radius 1 is 1.12 bits per heavy atom. The van der Waals surface area contributed by atoms with Gasteiger partial charge in [-0.05, 0) is 36.4 Å². The Morgan fingerprint density at radius 2 is 1.88 bits per heavy atom. The van der Waals surface area contributed by atoms with Crippen molar-refractivity contribution in [1.82, 2.24) is 4.40 Å². The Kier molecular flexibility index (Phi) is 4.21. The fourth-order valence-corrected chi connectivity index (χ4v) is 3.10. The van der Waals surface area contributed by atoms with E-state index in [1.165, 1.54) is 12.1 Å². The molecule has 0 unspecified atom stereocenters. The molecule has 124 valence electrons. The third-order valence-electron chi connectivity index (χ3n) is 3.23. The van der Waals surface area contributed by atoms with E-state index in [-0.39, 0.29) is 11.6 Å². The van der Waals surface area contributed by atoms with E-state index in [1.54, 1.807) is 18.3 Å². The fourth-order valence-electron chi connectivity index (χ4n) is 2.32. The zero-order chi connectivity index (χ0) is 17.3. The van der Waals surface area contributed by atoms with E-state index < -0.39 is 10.0 Å². The molecule has 1 amide bonds. The molecule has 0 radical (unpaired) electrons. The second kappa shape index (κ2) is 6.18. The molecule has 0 aliphatic carbocycles. The summed E-state index contributed by atoms with van der Waals surface area (Å²) < 4.78 is 26.8. The Labute approximate surface area is 144 Å². The van der Waals surface area contributed by atoms with Crippen molar-refractivity contribution >= 4 is 44.4 Å². The number of pyridine rings is 1. The maximum atomic E-state index is 12.4. The number of amides is 1. The third kappa shape index (κ3) is 3.87. The first-order valence-electron chi connectivity index (χ1n) is 6.97. The van der Waals surface area contributed by atoms with Gasteiger partial charge in [0.15, 0.2) is 0 Å². The van der Waals surface area contributed by atoms with Crippen LogP contribution in [-0.4, -0.2) is 25.0 Å². The summed E-state index contributed by atoms with van der Waals surface area (Å²) in [6.45, 7) is 0. The number of hydrogen-bond acceptors (Lipinski definition) is 3. The smallest absolute Gasteiger partial charge is 0.257 e. The van der Waals surface area contributed by atoms with E-state index in [4.69, 9.17) is 11.6 Å². The standard InChI is InChI=1S/C16H14ClN3O3S/c1-24(22,23)19-14-8-12(17)7-13(9-14)18-16(21)11-6-15-4-2-3-5-20(15)10-11/h2-10,19H,1H3,(H,18,21). The number of hydrogen-bond donors (Lipinski definition) is 2. The van der Waals surface area contributed by atoms with Crippen molar-refractivity contribution in [3.05, 3.63) is 65.4 Å². The minimum atomic E-state index is -3.43. The first-order chi connectivity index (χ1) is 11.3. The molecule has 2 heterocycles. The zero-order valence-electron chi connectivity index (χ0n) is 12.7. The van der Waals surface area contributed by atoms with Crippen molar-refractivity contribution in [1.29, 1.82) is 0 Å². The summed E-state index contributed by atoms with van der Waals surface area (Å²) in [4.78, 5) is 12.4. The molecule has 0 saturated heterocycles. The monoisotopic (exact) mass is 363 g/mol. The number of anilines is 2. The number of rotatable bonds is 4. The Balaban J connectivity index is 1.85. The average Bonchev–Trinajstić information content (AvgIpc) is 2.88. The summed E-state index contributed by atoms with van der Waals surface area (Å²) in [5.41, 5.74) is 2.06. The molecule has 0 bridgehead atoms. The van der Waals surface area contributed by atoms with Crippen molar-refractivity contribution in [2.75, 3.05) is 16.3 Å². The van der Waals surface area contributed by atoms with Gasteiger partial charge in [-0.3, -0.25) is 9.52 Å². The summed E-state index contributed by atoms with van der Waals surface area (Å²) in [7, 11) is -3.43. The van der Waals surface area contributed by atoms with Crippen molar-refractivity contribution in [2.24, 2.45) is 0 Å². The van der Waals surface area contributed by atoms with Crippen LogP contribution in [0, 0.1) is 0 Å². The molecule has 6 nitrogen and oxygen atoms in total. The topological polar surface area (TPSA) is 79.7 Å². The molecular weight excluding hydrogens is 350 g/mol. The number of fused-ring (bicyclic) bond motifs is 1. The van der Waals surface area contributed by atoms with E-state index >= 15 is 0 Å². The SMILES string of the molecule is CS(=O)(=O)Nc1cc(Cl)cc(NC(=O)c2cc3ccccn3c2)c1. The maximum absolute atomic E-state index is 12.4. The van der Waals surface area contributed by atoms with E-state index in [2.05, 4.69) is 10.0 Å². The van der Waals surface area contributed by atoms with Crippen LogP contribution in [0.2, 0.25) is 5.02 Å². The van der Waals surface area contributed by atoms with Gasteiger partial charge in [0, 0.05) is 28.6 Å². The Morgan fingerprint density at radius 3 is 2.58 bits per heavy atom. The van der Waals surface area contributed by atoms with Crippen molar-refractivity contribution < 1.29 is 13.2 Å². The van der Waals surface area contributed by atoms with Gasteiger partial charge in [0.2, 0.25) is 10.0 Å². The lowest BCUT2D eigenvalue weighted by atomic mass is 10.2. The molecule has 24 heavy (non-hydrogen) atoms. The highest BCUT2D eigenvalue weighted by Crippen LogP contribution is 2.24. The second-order valence-electron chi connectivity index (χ2n) is 5.32. The van der Waals surface area contributed by atoms with Crippen LogP contribution in [0.25, 0.3) is 5.52 Å². The van der Waals surface area contributed by atoms with Gasteiger partial charge in [0.25, 0.3) is 5.91 Å². The minimum absolute atomic E-state index is 0.280. The number of halogens is 1. The van der Waals surface area contributed by atoms with E-state index in [0.717, 1.165) is 11.8 Å². The quantitative estimate of drug-likeness (QED) is 0.747. The summed E-state index contributed by atoms with van der Waals surface area (Å²) in [5.74, 6) is -0.314. The molecule has 0 spiro atoms. The molecule has 0 fully saturated rings. The van der Waals surface area contributed by atoms with Gasteiger partial charge >= 0.3 is 0 Å². The molecule has 3 rings (SSSR count). The van der Waals surface area contributed by atoms with Crippen LogP contribution in [0.3, 0.4) is 0 Å². The molecule has 0 atom stereocenters.